The van der Waals surface area contributed by atoms with E-state index in [0.29, 0.717) is 17.6 Å². The maximum atomic E-state index is 5.91. The smallest absolute Gasteiger partial charge is 0.264 e. The number of ether oxygens (including phenoxy) is 2. The molecular formula is C19H16N4O3S. The second-order valence-electron chi connectivity index (χ2n) is 6.25. The van der Waals surface area contributed by atoms with E-state index >= 15 is 0 Å². The minimum atomic E-state index is 0.167. The number of thiophene rings is 1. The molecule has 3 aromatic heterocycles. The quantitative estimate of drug-likeness (QED) is 0.520. The Morgan fingerprint density at radius 3 is 2.89 bits per heavy atom. The van der Waals surface area contributed by atoms with Gasteiger partial charge in [0.1, 0.15) is 16.9 Å². The maximum absolute atomic E-state index is 5.91. The van der Waals surface area contributed by atoms with E-state index in [2.05, 4.69) is 20.1 Å². The maximum Gasteiger partial charge on any atom is 0.264 e. The van der Waals surface area contributed by atoms with Gasteiger partial charge in [-0.25, -0.2) is 9.97 Å². The van der Waals surface area contributed by atoms with Gasteiger partial charge in [0.05, 0.1) is 12.5 Å². The molecular weight excluding hydrogens is 364 g/mol. The van der Waals surface area contributed by atoms with Gasteiger partial charge in [-0.3, -0.25) is 0 Å². The van der Waals surface area contributed by atoms with Gasteiger partial charge in [-0.15, -0.1) is 11.3 Å². The van der Waals surface area contributed by atoms with Gasteiger partial charge in [0.2, 0.25) is 11.7 Å². The standard InChI is InChI=1S/C19H16N4O3S/c1-24-12-7-5-11(6-8-12)17-22-15(26-23-17)9-25-18-16-13-3-2-4-14(13)27-19(16)21-10-20-18/h5-8,10H,2-4,9H2,1H3. The summed E-state index contributed by atoms with van der Waals surface area (Å²) in [5, 5.41) is 5.06. The minimum absolute atomic E-state index is 0.167. The molecule has 0 spiro atoms. The topological polar surface area (TPSA) is 83.2 Å². The highest BCUT2D eigenvalue weighted by atomic mass is 32.1. The summed E-state index contributed by atoms with van der Waals surface area (Å²) in [5.74, 6) is 2.28. The molecule has 0 saturated heterocycles. The summed E-state index contributed by atoms with van der Waals surface area (Å²) in [4.78, 5) is 15.5. The second-order valence-corrected chi connectivity index (χ2v) is 7.33. The van der Waals surface area contributed by atoms with Crippen molar-refractivity contribution in [2.75, 3.05) is 7.11 Å². The monoisotopic (exact) mass is 380 g/mol. The van der Waals surface area contributed by atoms with Crippen molar-refractivity contribution in [1.82, 2.24) is 20.1 Å². The van der Waals surface area contributed by atoms with Gasteiger partial charge in [-0.1, -0.05) is 5.16 Å². The fraction of sp³-hybridized carbons (Fsp3) is 0.263. The average molecular weight is 380 g/mol. The number of fused-ring (bicyclic) bond motifs is 3. The molecule has 0 amide bonds. The fourth-order valence-electron chi connectivity index (χ4n) is 3.31. The minimum Gasteiger partial charge on any atom is -0.497 e. The van der Waals surface area contributed by atoms with E-state index in [0.717, 1.165) is 34.4 Å². The molecule has 7 nitrogen and oxygen atoms in total. The lowest BCUT2D eigenvalue weighted by atomic mass is 10.2. The number of hydrogen-bond acceptors (Lipinski definition) is 8. The molecule has 27 heavy (non-hydrogen) atoms. The zero-order valence-corrected chi connectivity index (χ0v) is 15.5. The van der Waals surface area contributed by atoms with Gasteiger partial charge in [-0.05, 0) is 49.1 Å². The third kappa shape index (κ3) is 2.91. The summed E-state index contributed by atoms with van der Waals surface area (Å²) in [7, 11) is 1.63. The molecule has 0 unspecified atom stereocenters. The Morgan fingerprint density at radius 2 is 2.04 bits per heavy atom. The highest BCUT2D eigenvalue weighted by Crippen LogP contribution is 2.39. The number of benzene rings is 1. The van der Waals surface area contributed by atoms with Crippen molar-refractivity contribution in [1.29, 1.82) is 0 Å². The number of hydrogen-bond donors (Lipinski definition) is 0. The molecule has 1 aliphatic carbocycles. The Morgan fingerprint density at radius 1 is 1.15 bits per heavy atom. The van der Waals surface area contributed by atoms with Gasteiger partial charge < -0.3 is 14.0 Å². The molecule has 5 rings (SSSR count). The molecule has 1 aliphatic rings. The lowest BCUT2D eigenvalue weighted by Gasteiger charge is -2.04. The first kappa shape index (κ1) is 16.2. The van der Waals surface area contributed by atoms with Crippen molar-refractivity contribution >= 4 is 21.6 Å². The Hall–Kier alpha value is -3.00. The number of methoxy groups -OCH3 is 1. The number of nitrogens with zero attached hydrogens (tertiary/aromatic N) is 4. The van der Waals surface area contributed by atoms with E-state index in [1.54, 1.807) is 24.8 Å². The first-order valence-electron chi connectivity index (χ1n) is 8.67. The van der Waals surface area contributed by atoms with Gasteiger partial charge >= 0.3 is 0 Å². The zero-order chi connectivity index (χ0) is 18.2. The molecule has 1 aromatic carbocycles. The molecule has 3 heterocycles. The molecule has 0 fully saturated rings. The SMILES string of the molecule is COc1ccc(-c2noc(COc3ncnc4sc5c(c34)CCC5)n2)cc1. The predicted octanol–water partition coefficient (Wildman–Crippen LogP) is 3.82. The van der Waals surface area contributed by atoms with Crippen molar-refractivity contribution in [2.24, 2.45) is 0 Å². The van der Waals surface area contributed by atoms with Crippen LogP contribution in [0, 0.1) is 0 Å². The van der Waals surface area contributed by atoms with E-state index in [-0.39, 0.29) is 6.61 Å². The number of rotatable bonds is 5. The third-order valence-electron chi connectivity index (χ3n) is 4.62. The summed E-state index contributed by atoms with van der Waals surface area (Å²) in [6, 6.07) is 7.49. The van der Waals surface area contributed by atoms with E-state index in [1.165, 1.54) is 16.9 Å². The highest BCUT2D eigenvalue weighted by Gasteiger charge is 2.22. The van der Waals surface area contributed by atoms with Crippen molar-refractivity contribution in [3.63, 3.8) is 0 Å². The van der Waals surface area contributed by atoms with E-state index in [9.17, 15) is 0 Å². The summed E-state index contributed by atoms with van der Waals surface area (Å²) in [5.41, 5.74) is 2.18. The van der Waals surface area contributed by atoms with Crippen molar-refractivity contribution < 1.29 is 14.0 Å². The Balaban J connectivity index is 1.36. The van der Waals surface area contributed by atoms with Crippen molar-refractivity contribution in [2.45, 2.75) is 25.9 Å². The summed E-state index contributed by atoms with van der Waals surface area (Å²) in [6.45, 7) is 0.167. The first-order chi connectivity index (χ1) is 13.3. The summed E-state index contributed by atoms with van der Waals surface area (Å²) >= 11 is 1.73. The lowest BCUT2D eigenvalue weighted by molar-refractivity contribution is 0.238. The van der Waals surface area contributed by atoms with E-state index < -0.39 is 0 Å². The molecule has 0 radical (unpaired) electrons. The molecule has 0 atom stereocenters. The second kappa shape index (κ2) is 6.62. The van der Waals surface area contributed by atoms with E-state index in [1.807, 2.05) is 24.3 Å². The van der Waals surface area contributed by atoms with Crippen LogP contribution >= 0.6 is 11.3 Å². The lowest BCUT2D eigenvalue weighted by Crippen LogP contribution is -1.99. The third-order valence-corrected chi connectivity index (χ3v) is 5.82. The normalized spacial score (nSPS) is 13.1. The zero-order valence-electron chi connectivity index (χ0n) is 14.6. The number of aryl methyl sites for hydroxylation is 2. The van der Waals surface area contributed by atoms with Crippen LogP contribution in [0.1, 0.15) is 22.8 Å². The molecule has 0 aliphatic heterocycles. The average Bonchev–Trinajstić information content (AvgIpc) is 3.42. The summed E-state index contributed by atoms with van der Waals surface area (Å²) < 4.78 is 16.4. The summed E-state index contributed by atoms with van der Waals surface area (Å²) in [6.07, 6.45) is 4.90. The largest absolute Gasteiger partial charge is 0.497 e. The Kier molecular flexibility index (Phi) is 3.97. The van der Waals surface area contributed by atoms with Crippen molar-refractivity contribution in [3.8, 4) is 23.0 Å². The van der Waals surface area contributed by atoms with Crippen LogP contribution in [-0.2, 0) is 19.4 Å². The van der Waals surface area contributed by atoms with Crippen LogP contribution in [0.5, 0.6) is 11.6 Å². The Bertz CT molecular complexity index is 1100. The Labute approximate surface area is 159 Å². The van der Waals surface area contributed by atoms with Crippen LogP contribution in [-0.4, -0.2) is 27.2 Å². The molecule has 136 valence electrons. The van der Waals surface area contributed by atoms with Crippen LogP contribution in [0.2, 0.25) is 0 Å². The molecule has 4 aromatic rings. The predicted molar refractivity (Wildman–Crippen MR) is 100 cm³/mol. The van der Waals surface area contributed by atoms with Crippen LogP contribution in [0.4, 0.5) is 0 Å². The van der Waals surface area contributed by atoms with Gasteiger partial charge in [-0.2, -0.15) is 4.98 Å². The van der Waals surface area contributed by atoms with Crippen LogP contribution in [0.25, 0.3) is 21.6 Å². The van der Waals surface area contributed by atoms with Crippen LogP contribution < -0.4 is 9.47 Å². The number of aromatic nitrogens is 4. The molecule has 0 bridgehead atoms. The van der Waals surface area contributed by atoms with Crippen LogP contribution in [0.15, 0.2) is 35.1 Å². The highest BCUT2D eigenvalue weighted by molar-refractivity contribution is 7.18. The van der Waals surface area contributed by atoms with Crippen molar-refractivity contribution in [3.05, 3.63) is 46.9 Å². The first-order valence-corrected chi connectivity index (χ1v) is 9.48. The van der Waals surface area contributed by atoms with Gasteiger partial charge in [0, 0.05) is 10.4 Å². The fourth-order valence-corrected chi connectivity index (χ4v) is 4.53. The molecule has 0 N–H and O–H groups in total. The van der Waals surface area contributed by atoms with E-state index in [4.69, 9.17) is 14.0 Å². The van der Waals surface area contributed by atoms with Gasteiger partial charge in [0.25, 0.3) is 5.89 Å². The molecule has 8 heteroatoms. The van der Waals surface area contributed by atoms with Crippen LogP contribution in [0.3, 0.4) is 0 Å². The van der Waals surface area contributed by atoms with Gasteiger partial charge in [0.15, 0.2) is 6.61 Å². The molecule has 0 saturated carbocycles.